The Kier molecular flexibility index (Phi) is 7.34. The summed E-state index contributed by atoms with van der Waals surface area (Å²) in [6, 6.07) is 11.2. The minimum Gasteiger partial charge on any atom is -0.496 e. The third-order valence-electron chi connectivity index (χ3n) is 5.89. The second-order valence-electron chi connectivity index (χ2n) is 8.05. The summed E-state index contributed by atoms with van der Waals surface area (Å²) in [5.74, 6) is -0.170. The number of nitrogens with one attached hydrogen (secondary N) is 1. The summed E-state index contributed by atoms with van der Waals surface area (Å²) >= 11 is 0. The summed E-state index contributed by atoms with van der Waals surface area (Å²) < 4.78 is 38.2. The molecule has 174 valence electrons. The van der Waals surface area contributed by atoms with Crippen molar-refractivity contribution in [3.8, 4) is 17.1 Å². The fourth-order valence-corrected chi connectivity index (χ4v) is 4.19. The van der Waals surface area contributed by atoms with Crippen molar-refractivity contribution in [1.82, 2.24) is 15.2 Å². The molecule has 1 unspecified atom stereocenters. The summed E-state index contributed by atoms with van der Waals surface area (Å²) in [7, 11) is 1.65. The third kappa shape index (κ3) is 5.57. The molecule has 1 fully saturated rings. The molecule has 1 saturated heterocycles. The Labute approximate surface area is 191 Å². The molecule has 0 spiro atoms. The van der Waals surface area contributed by atoms with E-state index in [0.29, 0.717) is 12.4 Å². The SMILES string of the molecule is COc1ccccc1C(CNC(=O)CCc1ncc(-c2ccc(F)cc2F)o1)N1CCCC1. The number of nitrogens with zero attached hydrogens (tertiary/aromatic N) is 2. The number of methoxy groups -OCH3 is 1. The first-order valence-corrected chi connectivity index (χ1v) is 11.1. The quantitative estimate of drug-likeness (QED) is 0.514. The van der Waals surface area contributed by atoms with Crippen molar-refractivity contribution in [3.05, 3.63) is 71.8 Å². The number of oxazole rings is 1. The number of para-hydroxylation sites is 1. The van der Waals surface area contributed by atoms with Gasteiger partial charge < -0.3 is 14.5 Å². The summed E-state index contributed by atoms with van der Waals surface area (Å²) in [6.45, 7) is 2.44. The molecular formula is C25H27F2N3O3. The van der Waals surface area contributed by atoms with Gasteiger partial charge in [0.1, 0.15) is 17.4 Å². The molecule has 2 aromatic carbocycles. The normalized spacial score (nSPS) is 14.9. The van der Waals surface area contributed by atoms with Crippen molar-refractivity contribution in [1.29, 1.82) is 0 Å². The molecule has 0 aliphatic carbocycles. The van der Waals surface area contributed by atoms with Crippen molar-refractivity contribution in [2.45, 2.75) is 31.7 Å². The zero-order valence-electron chi connectivity index (χ0n) is 18.5. The highest BCUT2D eigenvalue weighted by Gasteiger charge is 2.26. The molecule has 3 aromatic rings. The van der Waals surface area contributed by atoms with E-state index in [0.717, 1.165) is 49.4 Å². The summed E-state index contributed by atoms with van der Waals surface area (Å²) in [5, 5.41) is 3.03. The highest BCUT2D eigenvalue weighted by Crippen LogP contribution is 2.31. The number of aromatic nitrogens is 1. The van der Waals surface area contributed by atoms with Gasteiger partial charge in [0.15, 0.2) is 11.7 Å². The van der Waals surface area contributed by atoms with Gasteiger partial charge in [0.2, 0.25) is 5.91 Å². The highest BCUT2D eigenvalue weighted by molar-refractivity contribution is 5.76. The molecule has 0 saturated carbocycles. The zero-order chi connectivity index (χ0) is 23.2. The van der Waals surface area contributed by atoms with Crippen LogP contribution in [-0.2, 0) is 11.2 Å². The fraction of sp³-hybridized carbons (Fsp3) is 0.360. The second kappa shape index (κ2) is 10.6. The number of carbonyl (C=O) groups excluding carboxylic acids is 1. The van der Waals surface area contributed by atoms with E-state index >= 15 is 0 Å². The van der Waals surface area contributed by atoms with Gasteiger partial charge in [0, 0.05) is 31.0 Å². The smallest absolute Gasteiger partial charge is 0.220 e. The minimum atomic E-state index is -0.722. The predicted octanol–water partition coefficient (Wildman–Crippen LogP) is 4.51. The largest absolute Gasteiger partial charge is 0.496 e. The van der Waals surface area contributed by atoms with Gasteiger partial charge in [-0.3, -0.25) is 9.69 Å². The number of halogens is 2. The van der Waals surface area contributed by atoms with Gasteiger partial charge in [-0.05, 0) is 44.1 Å². The molecule has 1 N–H and O–H groups in total. The Hall–Kier alpha value is -3.26. The van der Waals surface area contributed by atoms with E-state index in [1.165, 1.54) is 12.3 Å². The van der Waals surface area contributed by atoms with Crippen LogP contribution in [-0.4, -0.2) is 42.5 Å². The van der Waals surface area contributed by atoms with E-state index in [9.17, 15) is 13.6 Å². The first kappa shape index (κ1) is 22.9. The molecule has 33 heavy (non-hydrogen) atoms. The fourth-order valence-electron chi connectivity index (χ4n) is 4.19. The van der Waals surface area contributed by atoms with Gasteiger partial charge in [-0.2, -0.15) is 0 Å². The Bertz CT molecular complexity index is 1100. The van der Waals surface area contributed by atoms with Crippen LogP contribution in [0, 0.1) is 11.6 Å². The maximum Gasteiger partial charge on any atom is 0.220 e. The van der Waals surface area contributed by atoms with E-state index in [4.69, 9.17) is 9.15 Å². The van der Waals surface area contributed by atoms with Crippen LogP contribution in [0.1, 0.15) is 36.8 Å². The lowest BCUT2D eigenvalue weighted by Gasteiger charge is -2.29. The van der Waals surface area contributed by atoms with Gasteiger partial charge in [0.25, 0.3) is 0 Å². The van der Waals surface area contributed by atoms with Crippen LogP contribution < -0.4 is 10.1 Å². The first-order chi connectivity index (χ1) is 16.0. The molecule has 2 heterocycles. The van der Waals surface area contributed by atoms with E-state index < -0.39 is 11.6 Å². The number of rotatable bonds is 9. The van der Waals surface area contributed by atoms with E-state index in [1.807, 2.05) is 24.3 Å². The Balaban J connectivity index is 1.36. The number of ether oxygens (including phenoxy) is 1. The summed E-state index contributed by atoms with van der Waals surface area (Å²) in [5.41, 5.74) is 1.19. The van der Waals surface area contributed by atoms with Crippen LogP contribution in [0.3, 0.4) is 0 Å². The van der Waals surface area contributed by atoms with Gasteiger partial charge in [0.05, 0.1) is 24.9 Å². The van der Waals surface area contributed by atoms with Gasteiger partial charge in [-0.15, -0.1) is 0 Å². The average Bonchev–Trinajstić information content (AvgIpc) is 3.51. The van der Waals surface area contributed by atoms with Crippen molar-refractivity contribution < 1.29 is 22.7 Å². The number of likely N-dealkylation sites (tertiary alicyclic amines) is 1. The highest BCUT2D eigenvalue weighted by atomic mass is 19.1. The lowest BCUT2D eigenvalue weighted by Crippen LogP contribution is -2.37. The van der Waals surface area contributed by atoms with E-state index in [2.05, 4.69) is 15.2 Å². The molecule has 1 amide bonds. The molecule has 8 heteroatoms. The standard InChI is InChI=1S/C25H27F2N3O3/c1-32-22-7-3-2-6-19(22)21(30-12-4-5-13-30)15-28-24(31)10-11-25-29-16-23(33-25)18-9-8-17(26)14-20(18)27/h2-3,6-9,14,16,21H,4-5,10-13,15H2,1H3,(H,28,31). The van der Waals surface area contributed by atoms with Crippen LogP contribution in [0.25, 0.3) is 11.3 Å². The monoisotopic (exact) mass is 455 g/mol. The minimum absolute atomic E-state index is 0.0300. The number of carbonyl (C=O) groups is 1. The second-order valence-corrected chi connectivity index (χ2v) is 8.05. The maximum absolute atomic E-state index is 14.0. The summed E-state index contributed by atoms with van der Waals surface area (Å²) in [4.78, 5) is 19.1. The van der Waals surface area contributed by atoms with E-state index in [1.54, 1.807) is 7.11 Å². The molecule has 1 atom stereocenters. The van der Waals surface area contributed by atoms with Gasteiger partial charge >= 0.3 is 0 Å². The van der Waals surface area contributed by atoms with Crippen LogP contribution in [0.15, 0.2) is 53.1 Å². The van der Waals surface area contributed by atoms with Crippen molar-refractivity contribution in [3.63, 3.8) is 0 Å². The molecule has 1 aromatic heterocycles. The van der Waals surface area contributed by atoms with Crippen molar-refractivity contribution in [2.24, 2.45) is 0 Å². The average molecular weight is 456 g/mol. The predicted molar refractivity (Wildman–Crippen MR) is 120 cm³/mol. The molecule has 4 rings (SSSR count). The maximum atomic E-state index is 14.0. The number of benzene rings is 2. The zero-order valence-corrected chi connectivity index (χ0v) is 18.5. The topological polar surface area (TPSA) is 67.6 Å². The molecular weight excluding hydrogens is 428 g/mol. The Morgan fingerprint density at radius 1 is 1.21 bits per heavy atom. The Morgan fingerprint density at radius 3 is 2.76 bits per heavy atom. The van der Waals surface area contributed by atoms with Gasteiger partial charge in [-0.25, -0.2) is 13.8 Å². The first-order valence-electron chi connectivity index (χ1n) is 11.1. The van der Waals surface area contributed by atoms with Gasteiger partial charge in [-0.1, -0.05) is 18.2 Å². The Morgan fingerprint density at radius 2 is 2.00 bits per heavy atom. The lowest BCUT2D eigenvalue weighted by molar-refractivity contribution is -0.121. The summed E-state index contributed by atoms with van der Waals surface area (Å²) in [6.07, 6.45) is 4.12. The molecule has 1 aliphatic rings. The molecule has 0 radical (unpaired) electrons. The molecule has 6 nitrogen and oxygen atoms in total. The number of hydrogen-bond donors (Lipinski definition) is 1. The lowest BCUT2D eigenvalue weighted by atomic mass is 10.0. The van der Waals surface area contributed by atoms with Crippen LogP contribution in [0.2, 0.25) is 0 Å². The molecule has 0 bridgehead atoms. The van der Waals surface area contributed by atoms with Crippen molar-refractivity contribution >= 4 is 5.91 Å². The van der Waals surface area contributed by atoms with Crippen LogP contribution in [0.5, 0.6) is 5.75 Å². The van der Waals surface area contributed by atoms with Crippen LogP contribution in [0.4, 0.5) is 8.78 Å². The van der Waals surface area contributed by atoms with E-state index in [-0.39, 0.29) is 36.1 Å². The number of amides is 1. The van der Waals surface area contributed by atoms with Crippen molar-refractivity contribution in [2.75, 3.05) is 26.7 Å². The number of aryl methyl sites for hydroxylation is 1. The van der Waals surface area contributed by atoms with Crippen LogP contribution >= 0.6 is 0 Å². The number of hydrogen-bond acceptors (Lipinski definition) is 5. The third-order valence-corrected chi connectivity index (χ3v) is 5.89. The molecule has 1 aliphatic heterocycles.